The molecule has 0 fully saturated rings. The average molecular weight is 258 g/mol. The van der Waals surface area contributed by atoms with Crippen LogP contribution in [0.4, 0.5) is 8.78 Å². The molecule has 2 rings (SSSR count). The number of benzene rings is 1. The zero-order valence-electron chi connectivity index (χ0n) is 8.62. The highest BCUT2D eigenvalue weighted by atomic mass is 35.5. The number of nitrogens with zero attached hydrogens (tertiary/aromatic N) is 3. The van der Waals surface area contributed by atoms with Crippen molar-refractivity contribution < 1.29 is 13.5 Å². The van der Waals surface area contributed by atoms with Crippen LogP contribution in [-0.4, -0.2) is 22.1 Å². The molecule has 0 saturated carbocycles. The molecule has 7 heteroatoms. The maximum atomic E-state index is 13.0. The number of rotatable bonds is 2. The van der Waals surface area contributed by atoms with E-state index in [4.69, 9.17) is 16.3 Å². The van der Waals surface area contributed by atoms with Gasteiger partial charge < -0.3 is 4.74 Å². The fourth-order valence-electron chi connectivity index (χ4n) is 1.19. The van der Waals surface area contributed by atoms with Gasteiger partial charge in [-0.25, -0.2) is 8.78 Å². The number of hydrogen-bond donors (Lipinski definition) is 0. The number of halogens is 3. The van der Waals surface area contributed by atoms with Crippen LogP contribution in [0.2, 0.25) is 5.28 Å². The lowest BCUT2D eigenvalue weighted by Gasteiger charge is -2.03. The van der Waals surface area contributed by atoms with Gasteiger partial charge >= 0.3 is 6.01 Å². The van der Waals surface area contributed by atoms with Crippen LogP contribution >= 0.6 is 11.6 Å². The lowest BCUT2D eigenvalue weighted by Crippen LogP contribution is -1.98. The van der Waals surface area contributed by atoms with E-state index in [2.05, 4.69) is 15.0 Å². The van der Waals surface area contributed by atoms with Crippen molar-refractivity contribution in [3.8, 4) is 17.4 Å². The van der Waals surface area contributed by atoms with Gasteiger partial charge in [0.05, 0.1) is 7.11 Å². The smallest absolute Gasteiger partial charge is 0.321 e. The Kier molecular flexibility index (Phi) is 3.14. The van der Waals surface area contributed by atoms with Gasteiger partial charge in [0.25, 0.3) is 0 Å². The van der Waals surface area contributed by atoms with Crippen molar-refractivity contribution in [3.05, 3.63) is 35.1 Å². The molecule has 0 aliphatic heterocycles. The summed E-state index contributed by atoms with van der Waals surface area (Å²) in [4.78, 5) is 11.3. The van der Waals surface area contributed by atoms with Gasteiger partial charge in [-0.2, -0.15) is 15.0 Å². The SMILES string of the molecule is COc1nc(Cl)nc(-c2ccc(F)c(F)c2)n1. The van der Waals surface area contributed by atoms with E-state index < -0.39 is 11.6 Å². The minimum Gasteiger partial charge on any atom is -0.467 e. The Balaban J connectivity index is 2.52. The first-order valence-corrected chi connectivity index (χ1v) is 4.89. The van der Waals surface area contributed by atoms with Crippen molar-refractivity contribution in [2.45, 2.75) is 0 Å². The zero-order chi connectivity index (χ0) is 12.4. The van der Waals surface area contributed by atoms with Crippen molar-refractivity contribution in [1.29, 1.82) is 0 Å². The topological polar surface area (TPSA) is 47.9 Å². The summed E-state index contributed by atoms with van der Waals surface area (Å²) in [5.74, 6) is -1.82. The third-order valence-corrected chi connectivity index (χ3v) is 2.12. The Labute approximate surface area is 100 Å². The maximum absolute atomic E-state index is 13.0. The molecule has 4 nitrogen and oxygen atoms in total. The Bertz CT molecular complexity index is 565. The van der Waals surface area contributed by atoms with E-state index in [1.165, 1.54) is 13.2 Å². The van der Waals surface area contributed by atoms with E-state index in [1.54, 1.807) is 0 Å². The van der Waals surface area contributed by atoms with Crippen LogP contribution in [0.1, 0.15) is 0 Å². The van der Waals surface area contributed by atoms with Crippen LogP contribution in [0.5, 0.6) is 6.01 Å². The van der Waals surface area contributed by atoms with E-state index in [-0.39, 0.29) is 22.7 Å². The number of ether oxygens (including phenoxy) is 1. The van der Waals surface area contributed by atoms with Gasteiger partial charge in [0, 0.05) is 5.56 Å². The minimum atomic E-state index is -0.988. The second kappa shape index (κ2) is 4.58. The molecule has 0 unspecified atom stereocenters. The molecular formula is C10H6ClF2N3O. The highest BCUT2D eigenvalue weighted by molar-refractivity contribution is 6.28. The fraction of sp³-hybridized carbons (Fsp3) is 0.100. The molecule has 1 heterocycles. The van der Waals surface area contributed by atoms with E-state index in [9.17, 15) is 8.78 Å². The van der Waals surface area contributed by atoms with Gasteiger partial charge in [0.1, 0.15) is 0 Å². The molecule has 0 N–H and O–H groups in total. The summed E-state index contributed by atoms with van der Waals surface area (Å²) in [6.07, 6.45) is 0. The summed E-state index contributed by atoms with van der Waals surface area (Å²) in [5.41, 5.74) is 0.284. The number of hydrogen-bond acceptors (Lipinski definition) is 4. The summed E-state index contributed by atoms with van der Waals surface area (Å²) in [5, 5.41) is -0.0865. The first kappa shape index (κ1) is 11.7. The van der Waals surface area contributed by atoms with Crippen molar-refractivity contribution in [2.75, 3.05) is 7.11 Å². The Morgan fingerprint density at radius 3 is 2.53 bits per heavy atom. The van der Waals surface area contributed by atoms with Gasteiger partial charge in [0.2, 0.25) is 5.28 Å². The number of aromatic nitrogens is 3. The Morgan fingerprint density at radius 1 is 1.12 bits per heavy atom. The first-order chi connectivity index (χ1) is 8.10. The summed E-state index contributed by atoms with van der Waals surface area (Å²) in [6, 6.07) is 3.29. The second-order valence-corrected chi connectivity index (χ2v) is 3.38. The standard InChI is InChI=1S/C10H6ClF2N3O/c1-17-10-15-8(14-9(11)16-10)5-2-3-6(12)7(13)4-5/h2-4H,1H3. The molecule has 0 atom stereocenters. The van der Waals surface area contributed by atoms with Crippen LogP contribution in [-0.2, 0) is 0 Å². The van der Waals surface area contributed by atoms with Gasteiger partial charge in [-0.1, -0.05) is 0 Å². The van der Waals surface area contributed by atoms with Gasteiger partial charge in [-0.05, 0) is 29.8 Å². The molecule has 88 valence electrons. The molecule has 2 aromatic rings. The van der Waals surface area contributed by atoms with E-state index >= 15 is 0 Å². The molecule has 0 bridgehead atoms. The largest absolute Gasteiger partial charge is 0.467 e. The van der Waals surface area contributed by atoms with Gasteiger partial charge in [-0.15, -0.1) is 0 Å². The Hall–Kier alpha value is -1.82. The van der Waals surface area contributed by atoms with Crippen LogP contribution < -0.4 is 4.74 Å². The summed E-state index contributed by atoms with van der Waals surface area (Å²) < 4.78 is 30.6. The normalized spacial score (nSPS) is 10.4. The summed E-state index contributed by atoms with van der Waals surface area (Å²) in [7, 11) is 1.36. The molecule has 17 heavy (non-hydrogen) atoms. The molecule has 0 spiro atoms. The maximum Gasteiger partial charge on any atom is 0.321 e. The van der Waals surface area contributed by atoms with Crippen molar-refractivity contribution in [2.24, 2.45) is 0 Å². The summed E-state index contributed by atoms with van der Waals surface area (Å²) >= 11 is 5.64. The van der Waals surface area contributed by atoms with E-state index in [1.807, 2.05) is 0 Å². The monoisotopic (exact) mass is 257 g/mol. The van der Waals surface area contributed by atoms with Gasteiger partial charge in [0.15, 0.2) is 17.5 Å². The molecule has 0 aliphatic carbocycles. The first-order valence-electron chi connectivity index (χ1n) is 4.51. The third-order valence-electron chi connectivity index (χ3n) is 1.95. The van der Waals surface area contributed by atoms with Crippen LogP contribution in [0.15, 0.2) is 18.2 Å². The molecule has 0 saturated heterocycles. The van der Waals surface area contributed by atoms with Crippen molar-refractivity contribution >= 4 is 11.6 Å². The Morgan fingerprint density at radius 2 is 1.88 bits per heavy atom. The van der Waals surface area contributed by atoms with Crippen molar-refractivity contribution in [3.63, 3.8) is 0 Å². The van der Waals surface area contributed by atoms with Crippen LogP contribution in [0.3, 0.4) is 0 Å². The highest BCUT2D eigenvalue weighted by Crippen LogP contribution is 2.20. The molecule has 0 amide bonds. The highest BCUT2D eigenvalue weighted by Gasteiger charge is 2.10. The minimum absolute atomic E-state index is 0.00438. The van der Waals surface area contributed by atoms with E-state index in [0.717, 1.165) is 12.1 Å². The molecule has 1 aromatic heterocycles. The third kappa shape index (κ3) is 2.47. The fourth-order valence-corrected chi connectivity index (χ4v) is 1.34. The van der Waals surface area contributed by atoms with E-state index in [0.29, 0.717) is 0 Å². The van der Waals surface area contributed by atoms with Crippen LogP contribution in [0.25, 0.3) is 11.4 Å². The van der Waals surface area contributed by atoms with Gasteiger partial charge in [-0.3, -0.25) is 0 Å². The predicted octanol–water partition coefficient (Wildman–Crippen LogP) is 2.48. The van der Waals surface area contributed by atoms with Crippen LogP contribution in [0, 0.1) is 11.6 Å². The summed E-state index contributed by atoms with van der Waals surface area (Å²) in [6.45, 7) is 0. The molecular weight excluding hydrogens is 252 g/mol. The number of methoxy groups -OCH3 is 1. The average Bonchev–Trinajstić information content (AvgIpc) is 2.32. The molecule has 0 radical (unpaired) electrons. The molecule has 0 aliphatic rings. The predicted molar refractivity (Wildman–Crippen MR) is 56.7 cm³/mol. The van der Waals surface area contributed by atoms with Crippen molar-refractivity contribution in [1.82, 2.24) is 15.0 Å². The quantitative estimate of drug-likeness (QED) is 0.829. The zero-order valence-corrected chi connectivity index (χ0v) is 9.37. The second-order valence-electron chi connectivity index (χ2n) is 3.04. The lowest BCUT2D eigenvalue weighted by molar-refractivity contribution is 0.378. The lowest BCUT2D eigenvalue weighted by atomic mass is 10.2. The molecule has 1 aromatic carbocycles.